The highest BCUT2D eigenvalue weighted by atomic mass is 16.2. The minimum Gasteiger partial charge on any atom is -0.383 e. The molecule has 0 aromatic heterocycles. The highest BCUT2D eigenvalue weighted by molar-refractivity contribution is 6.05. The molecule has 2 heterocycles. The Labute approximate surface area is 124 Å². The molecule has 1 aromatic rings. The minimum atomic E-state index is -0.0385. The van der Waals surface area contributed by atoms with Crippen LogP contribution in [0.5, 0.6) is 0 Å². The van der Waals surface area contributed by atoms with Crippen LogP contribution in [-0.4, -0.2) is 29.3 Å². The van der Waals surface area contributed by atoms with Crippen LogP contribution in [0, 0.1) is 11.8 Å². The van der Waals surface area contributed by atoms with Gasteiger partial charge in [-0.25, -0.2) is 0 Å². The third-order valence-electron chi connectivity index (χ3n) is 5.24. The number of nitrogens with one attached hydrogen (secondary N) is 1. The molecule has 0 bridgehead atoms. The van der Waals surface area contributed by atoms with Crippen LogP contribution < -0.4 is 5.32 Å². The summed E-state index contributed by atoms with van der Waals surface area (Å²) in [6.45, 7) is 0.675. The molecule has 110 valence electrons. The molecule has 1 aliphatic carbocycles. The summed E-state index contributed by atoms with van der Waals surface area (Å²) in [5.74, 6) is 0.0820. The number of rotatable bonds is 1. The van der Waals surface area contributed by atoms with E-state index in [2.05, 4.69) is 17.4 Å². The number of likely N-dealkylation sites (tertiary alicyclic amines) is 1. The van der Waals surface area contributed by atoms with Gasteiger partial charge in [-0.3, -0.25) is 14.5 Å². The maximum atomic E-state index is 12.6. The van der Waals surface area contributed by atoms with E-state index in [1.807, 2.05) is 12.1 Å². The van der Waals surface area contributed by atoms with Crippen LogP contribution in [0.1, 0.15) is 31.2 Å². The Bertz CT molecular complexity index is 574. The molecule has 3 unspecified atom stereocenters. The number of benzene rings is 1. The third kappa shape index (κ3) is 1.96. The lowest BCUT2D eigenvalue weighted by molar-refractivity contribution is -0.142. The zero-order chi connectivity index (χ0) is 14.4. The van der Waals surface area contributed by atoms with Crippen LogP contribution in [-0.2, 0) is 16.0 Å². The van der Waals surface area contributed by atoms with Crippen molar-refractivity contribution in [3.8, 4) is 0 Å². The molecule has 2 fully saturated rings. The maximum Gasteiger partial charge on any atom is 0.233 e. The van der Waals surface area contributed by atoms with Crippen LogP contribution in [0.25, 0.3) is 0 Å². The summed E-state index contributed by atoms with van der Waals surface area (Å²) >= 11 is 0. The van der Waals surface area contributed by atoms with Crippen LogP contribution >= 0.6 is 0 Å². The van der Waals surface area contributed by atoms with E-state index < -0.39 is 0 Å². The Morgan fingerprint density at radius 3 is 2.38 bits per heavy atom. The molecule has 2 amide bonds. The first kappa shape index (κ1) is 12.9. The summed E-state index contributed by atoms with van der Waals surface area (Å²) in [7, 11) is 0. The average molecular weight is 284 g/mol. The van der Waals surface area contributed by atoms with Gasteiger partial charge in [-0.05, 0) is 30.9 Å². The van der Waals surface area contributed by atoms with Crippen molar-refractivity contribution in [3.63, 3.8) is 0 Å². The van der Waals surface area contributed by atoms with Crippen molar-refractivity contribution in [2.45, 2.75) is 38.1 Å². The molecule has 2 aliphatic heterocycles. The van der Waals surface area contributed by atoms with Gasteiger partial charge >= 0.3 is 0 Å². The van der Waals surface area contributed by atoms with Crippen molar-refractivity contribution in [2.75, 3.05) is 11.9 Å². The number of carbonyl (C=O) groups is 2. The Morgan fingerprint density at radius 2 is 1.67 bits per heavy atom. The molecule has 3 aliphatic rings. The molecule has 0 spiro atoms. The number of hydrogen-bond acceptors (Lipinski definition) is 3. The van der Waals surface area contributed by atoms with Gasteiger partial charge in [-0.2, -0.15) is 0 Å². The molecule has 21 heavy (non-hydrogen) atoms. The maximum absolute atomic E-state index is 12.6. The fraction of sp³-hybridized carbons (Fsp3) is 0.529. The zero-order valence-corrected chi connectivity index (χ0v) is 12.0. The lowest BCUT2D eigenvalue weighted by atomic mass is 9.81. The first-order valence-electron chi connectivity index (χ1n) is 7.94. The molecule has 4 heteroatoms. The number of fused-ring (bicyclic) bond motifs is 2. The normalized spacial score (nSPS) is 31.6. The van der Waals surface area contributed by atoms with E-state index in [1.54, 1.807) is 4.90 Å². The summed E-state index contributed by atoms with van der Waals surface area (Å²) in [4.78, 5) is 26.9. The van der Waals surface area contributed by atoms with Gasteiger partial charge in [0.2, 0.25) is 11.8 Å². The molecule has 0 radical (unpaired) electrons. The third-order valence-corrected chi connectivity index (χ3v) is 5.24. The highest BCUT2D eigenvalue weighted by Gasteiger charge is 2.50. The van der Waals surface area contributed by atoms with Crippen molar-refractivity contribution in [2.24, 2.45) is 11.8 Å². The number of anilines is 1. The Balaban J connectivity index is 1.60. The van der Waals surface area contributed by atoms with Gasteiger partial charge in [-0.1, -0.05) is 31.0 Å². The lowest BCUT2D eigenvalue weighted by Crippen LogP contribution is -2.47. The van der Waals surface area contributed by atoms with Crippen LogP contribution in [0.15, 0.2) is 24.3 Å². The second-order valence-electron chi connectivity index (χ2n) is 6.44. The fourth-order valence-electron chi connectivity index (χ4n) is 4.15. The molecule has 4 nitrogen and oxygen atoms in total. The molecule has 1 saturated heterocycles. The smallest absolute Gasteiger partial charge is 0.233 e. The first-order chi connectivity index (χ1) is 10.3. The molecular weight excluding hydrogens is 264 g/mol. The summed E-state index contributed by atoms with van der Waals surface area (Å²) < 4.78 is 0. The van der Waals surface area contributed by atoms with E-state index in [0.29, 0.717) is 6.54 Å². The van der Waals surface area contributed by atoms with E-state index in [1.165, 1.54) is 5.56 Å². The fourth-order valence-corrected chi connectivity index (χ4v) is 4.15. The number of hydrogen-bond donors (Lipinski definition) is 1. The number of nitrogens with zero attached hydrogens (tertiary/aromatic N) is 1. The summed E-state index contributed by atoms with van der Waals surface area (Å²) in [6, 6.07) is 8.12. The average Bonchev–Trinajstić information content (AvgIpc) is 2.79. The lowest BCUT2D eigenvalue weighted by Gasteiger charge is -2.32. The Kier molecular flexibility index (Phi) is 2.98. The van der Waals surface area contributed by atoms with Gasteiger partial charge in [0.05, 0.1) is 17.9 Å². The second-order valence-corrected chi connectivity index (χ2v) is 6.44. The molecule has 1 N–H and O–H groups in total. The second kappa shape index (κ2) is 4.86. The minimum absolute atomic E-state index is 0.0227. The summed E-state index contributed by atoms with van der Waals surface area (Å²) in [5, 5.41) is 3.37. The standard InChI is InChI=1S/C17H20N2O2/c20-16-13-6-2-3-7-14(13)17(21)19(16)12-9-11-5-1-4-8-15(11)18-10-12/h1,4-5,8,12-14,18H,2-3,6-7,9-10H2. The van der Waals surface area contributed by atoms with Crippen LogP contribution in [0.4, 0.5) is 5.69 Å². The van der Waals surface area contributed by atoms with Crippen molar-refractivity contribution < 1.29 is 9.59 Å². The molecular formula is C17H20N2O2. The van der Waals surface area contributed by atoms with E-state index in [9.17, 15) is 9.59 Å². The van der Waals surface area contributed by atoms with Crippen molar-refractivity contribution in [1.82, 2.24) is 4.90 Å². The summed E-state index contributed by atoms with van der Waals surface area (Å²) in [5.41, 5.74) is 2.33. The van der Waals surface area contributed by atoms with Crippen molar-refractivity contribution in [3.05, 3.63) is 29.8 Å². The van der Waals surface area contributed by atoms with E-state index in [0.717, 1.165) is 37.8 Å². The predicted molar refractivity (Wildman–Crippen MR) is 79.7 cm³/mol. The van der Waals surface area contributed by atoms with E-state index >= 15 is 0 Å². The van der Waals surface area contributed by atoms with Gasteiger partial charge in [0.1, 0.15) is 0 Å². The van der Waals surface area contributed by atoms with Crippen LogP contribution in [0.2, 0.25) is 0 Å². The molecule has 1 aromatic carbocycles. The van der Waals surface area contributed by atoms with Crippen molar-refractivity contribution >= 4 is 17.5 Å². The Hall–Kier alpha value is -1.84. The first-order valence-corrected chi connectivity index (χ1v) is 7.94. The largest absolute Gasteiger partial charge is 0.383 e. The highest BCUT2D eigenvalue weighted by Crippen LogP contribution is 2.40. The van der Waals surface area contributed by atoms with Gasteiger partial charge < -0.3 is 5.32 Å². The van der Waals surface area contributed by atoms with Gasteiger partial charge in [0.15, 0.2) is 0 Å². The molecule has 3 atom stereocenters. The van der Waals surface area contributed by atoms with E-state index in [-0.39, 0.29) is 29.7 Å². The van der Waals surface area contributed by atoms with Gasteiger partial charge in [0.25, 0.3) is 0 Å². The quantitative estimate of drug-likeness (QED) is 0.804. The predicted octanol–water partition coefficient (Wildman–Crippen LogP) is 2.20. The molecule has 1 saturated carbocycles. The monoisotopic (exact) mass is 284 g/mol. The molecule has 4 rings (SSSR count). The topological polar surface area (TPSA) is 49.4 Å². The van der Waals surface area contributed by atoms with E-state index in [4.69, 9.17) is 0 Å². The number of imide groups is 1. The van der Waals surface area contributed by atoms with Crippen LogP contribution in [0.3, 0.4) is 0 Å². The van der Waals surface area contributed by atoms with Gasteiger partial charge in [-0.15, -0.1) is 0 Å². The number of carbonyl (C=O) groups excluding carboxylic acids is 2. The summed E-state index contributed by atoms with van der Waals surface area (Å²) in [6.07, 6.45) is 4.73. The van der Waals surface area contributed by atoms with Gasteiger partial charge in [0, 0.05) is 12.2 Å². The SMILES string of the molecule is O=C1C2CCCCC2C(=O)N1C1CNc2ccccc2C1. The zero-order valence-electron chi connectivity index (χ0n) is 12.0. The Morgan fingerprint density at radius 1 is 1.00 bits per heavy atom. The number of amides is 2. The van der Waals surface area contributed by atoms with Crippen molar-refractivity contribution in [1.29, 1.82) is 0 Å². The number of para-hydroxylation sites is 1.